The van der Waals surface area contributed by atoms with Gasteiger partial charge in [-0.25, -0.2) is 0 Å². The van der Waals surface area contributed by atoms with Crippen molar-refractivity contribution in [3.63, 3.8) is 0 Å². The van der Waals surface area contributed by atoms with Crippen molar-refractivity contribution in [1.82, 2.24) is 10.2 Å². The van der Waals surface area contributed by atoms with E-state index in [9.17, 15) is 0 Å². The van der Waals surface area contributed by atoms with E-state index in [0.29, 0.717) is 10.8 Å². The largest absolute Gasteiger partial charge is 0.313 e. The molecule has 1 N–H and O–H groups in total. The Kier molecular flexibility index (Phi) is 7.04. The molecular formula is C15H32N2S. The molecule has 0 aromatic heterocycles. The maximum atomic E-state index is 3.82. The Morgan fingerprint density at radius 2 is 2.06 bits per heavy atom. The van der Waals surface area contributed by atoms with Crippen molar-refractivity contribution in [2.24, 2.45) is 5.92 Å². The Bertz CT molecular complexity index is 220. The molecule has 1 aliphatic heterocycles. The predicted octanol–water partition coefficient (Wildman–Crippen LogP) is 3.23. The van der Waals surface area contributed by atoms with E-state index >= 15 is 0 Å². The molecule has 0 aromatic carbocycles. The number of likely N-dealkylation sites (tertiary alicyclic amines) is 1. The third-order valence-electron chi connectivity index (χ3n) is 4.84. The van der Waals surface area contributed by atoms with Gasteiger partial charge in [-0.05, 0) is 58.4 Å². The first-order valence-electron chi connectivity index (χ1n) is 7.54. The molecule has 2 nitrogen and oxygen atoms in total. The van der Waals surface area contributed by atoms with Crippen LogP contribution >= 0.6 is 11.8 Å². The molecule has 1 aliphatic rings. The standard InChI is InChI=1S/C15H32N2S/c1-6-15(7-2,18-5)12-16-13(3)14-9-8-10-17(4)11-14/h13-14,16H,6-12H2,1-5H3. The fraction of sp³-hybridized carbons (Fsp3) is 1.00. The van der Waals surface area contributed by atoms with E-state index in [0.717, 1.165) is 12.5 Å². The van der Waals surface area contributed by atoms with Crippen LogP contribution in [0.2, 0.25) is 0 Å². The summed E-state index contributed by atoms with van der Waals surface area (Å²) in [5.41, 5.74) is 0. The molecule has 1 heterocycles. The SMILES string of the molecule is CCC(CC)(CNC(C)C1CCCN(C)C1)SC. The second-order valence-electron chi connectivity index (χ2n) is 5.93. The van der Waals surface area contributed by atoms with Gasteiger partial charge in [-0.3, -0.25) is 0 Å². The van der Waals surface area contributed by atoms with Gasteiger partial charge in [0.25, 0.3) is 0 Å². The Morgan fingerprint density at radius 3 is 2.56 bits per heavy atom. The Balaban J connectivity index is 2.41. The van der Waals surface area contributed by atoms with Crippen LogP contribution in [0.5, 0.6) is 0 Å². The van der Waals surface area contributed by atoms with E-state index in [-0.39, 0.29) is 0 Å². The number of nitrogens with zero attached hydrogens (tertiary/aromatic N) is 1. The normalized spacial score (nSPS) is 24.2. The summed E-state index contributed by atoms with van der Waals surface area (Å²) in [4.78, 5) is 2.48. The van der Waals surface area contributed by atoms with E-state index in [1.807, 2.05) is 11.8 Å². The smallest absolute Gasteiger partial charge is 0.0276 e. The molecule has 3 heteroatoms. The summed E-state index contributed by atoms with van der Waals surface area (Å²) in [5.74, 6) is 0.831. The van der Waals surface area contributed by atoms with Crippen LogP contribution in [-0.2, 0) is 0 Å². The topological polar surface area (TPSA) is 15.3 Å². The predicted molar refractivity (Wildman–Crippen MR) is 84.5 cm³/mol. The number of thioether (sulfide) groups is 1. The summed E-state index contributed by atoms with van der Waals surface area (Å²) in [7, 11) is 2.25. The number of hydrogen-bond acceptors (Lipinski definition) is 3. The van der Waals surface area contributed by atoms with Crippen molar-refractivity contribution in [1.29, 1.82) is 0 Å². The summed E-state index contributed by atoms with van der Waals surface area (Å²) in [6.07, 6.45) is 7.53. The summed E-state index contributed by atoms with van der Waals surface area (Å²) in [6, 6.07) is 0.650. The monoisotopic (exact) mass is 272 g/mol. The first-order valence-corrected chi connectivity index (χ1v) is 8.76. The van der Waals surface area contributed by atoms with E-state index in [1.54, 1.807) is 0 Å². The van der Waals surface area contributed by atoms with Gasteiger partial charge in [0, 0.05) is 23.9 Å². The fourth-order valence-electron chi connectivity index (χ4n) is 2.99. The third-order valence-corrected chi connectivity index (χ3v) is 6.42. The Labute approximate surface area is 118 Å². The minimum Gasteiger partial charge on any atom is -0.313 e. The highest BCUT2D eigenvalue weighted by Crippen LogP contribution is 2.30. The lowest BCUT2D eigenvalue weighted by Gasteiger charge is -2.37. The second-order valence-corrected chi connectivity index (χ2v) is 7.20. The maximum Gasteiger partial charge on any atom is 0.0276 e. The van der Waals surface area contributed by atoms with Gasteiger partial charge in [-0.1, -0.05) is 13.8 Å². The highest BCUT2D eigenvalue weighted by molar-refractivity contribution is 8.00. The van der Waals surface area contributed by atoms with Crippen LogP contribution in [0.1, 0.15) is 46.5 Å². The molecule has 108 valence electrons. The molecule has 2 unspecified atom stereocenters. The zero-order valence-electron chi connectivity index (χ0n) is 13.0. The van der Waals surface area contributed by atoms with Gasteiger partial charge in [0.2, 0.25) is 0 Å². The molecule has 0 aromatic rings. The van der Waals surface area contributed by atoms with Crippen molar-refractivity contribution in [3.8, 4) is 0 Å². The summed E-state index contributed by atoms with van der Waals surface area (Å²) in [6.45, 7) is 10.7. The van der Waals surface area contributed by atoms with Crippen LogP contribution in [0, 0.1) is 5.92 Å². The van der Waals surface area contributed by atoms with Gasteiger partial charge in [-0.15, -0.1) is 0 Å². The molecule has 2 atom stereocenters. The van der Waals surface area contributed by atoms with Crippen LogP contribution in [0.15, 0.2) is 0 Å². The van der Waals surface area contributed by atoms with Crippen LogP contribution in [-0.4, -0.2) is 48.6 Å². The summed E-state index contributed by atoms with van der Waals surface area (Å²) < 4.78 is 0.439. The van der Waals surface area contributed by atoms with Crippen molar-refractivity contribution in [2.45, 2.75) is 57.2 Å². The fourth-order valence-corrected chi connectivity index (χ4v) is 3.79. The van der Waals surface area contributed by atoms with Crippen molar-refractivity contribution in [2.75, 3.05) is 32.9 Å². The van der Waals surface area contributed by atoms with Gasteiger partial charge in [0.15, 0.2) is 0 Å². The summed E-state index contributed by atoms with van der Waals surface area (Å²) >= 11 is 2.03. The Hall–Kier alpha value is 0.270. The van der Waals surface area contributed by atoms with Crippen molar-refractivity contribution < 1.29 is 0 Å². The number of nitrogens with one attached hydrogen (secondary N) is 1. The molecule has 18 heavy (non-hydrogen) atoms. The minimum atomic E-state index is 0.439. The van der Waals surface area contributed by atoms with Crippen LogP contribution < -0.4 is 5.32 Å². The van der Waals surface area contributed by atoms with Gasteiger partial charge >= 0.3 is 0 Å². The summed E-state index contributed by atoms with van der Waals surface area (Å²) in [5, 5.41) is 3.82. The lowest BCUT2D eigenvalue weighted by atomic mass is 9.91. The first-order chi connectivity index (χ1) is 8.56. The molecule has 1 fully saturated rings. The maximum absolute atomic E-state index is 3.82. The van der Waals surface area contributed by atoms with E-state index in [2.05, 4.69) is 44.3 Å². The average Bonchev–Trinajstić information content (AvgIpc) is 2.40. The number of rotatable bonds is 7. The van der Waals surface area contributed by atoms with Gasteiger partial charge in [0.05, 0.1) is 0 Å². The zero-order chi connectivity index (χ0) is 13.6. The molecule has 0 spiro atoms. The van der Waals surface area contributed by atoms with Gasteiger partial charge in [-0.2, -0.15) is 11.8 Å². The van der Waals surface area contributed by atoms with Crippen molar-refractivity contribution >= 4 is 11.8 Å². The average molecular weight is 273 g/mol. The molecular weight excluding hydrogens is 240 g/mol. The van der Waals surface area contributed by atoms with Crippen LogP contribution in [0.25, 0.3) is 0 Å². The number of hydrogen-bond donors (Lipinski definition) is 1. The number of piperidine rings is 1. The van der Waals surface area contributed by atoms with Crippen LogP contribution in [0.4, 0.5) is 0 Å². The van der Waals surface area contributed by atoms with Crippen LogP contribution in [0.3, 0.4) is 0 Å². The van der Waals surface area contributed by atoms with Gasteiger partial charge < -0.3 is 10.2 Å². The molecule has 0 saturated carbocycles. The zero-order valence-corrected chi connectivity index (χ0v) is 13.8. The van der Waals surface area contributed by atoms with E-state index in [1.165, 1.54) is 38.8 Å². The lowest BCUT2D eigenvalue weighted by molar-refractivity contribution is 0.177. The third kappa shape index (κ3) is 4.43. The highest BCUT2D eigenvalue weighted by atomic mass is 32.2. The minimum absolute atomic E-state index is 0.439. The highest BCUT2D eigenvalue weighted by Gasteiger charge is 2.28. The molecule has 0 amide bonds. The molecule has 0 bridgehead atoms. The Morgan fingerprint density at radius 1 is 1.39 bits per heavy atom. The van der Waals surface area contributed by atoms with E-state index < -0.39 is 0 Å². The quantitative estimate of drug-likeness (QED) is 0.766. The second kappa shape index (κ2) is 7.76. The molecule has 1 rings (SSSR count). The molecule has 0 aliphatic carbocycles. The molecule has 0 radical (unpaired) electrons. The first kappa shape index (κ1) is 16.3. The van der Waals surface area contributed by atoms with E-state index in [4.69, 9.17) is 0 Å². The lowest BCUT2D eigenvalue weighted by Crippen LogP contribution is -2.47. The van der Waals surface area contributed by atoms with Gasteiger partial charge in [0.1, 0.15) is 0 Å². The van der Waals surface area contributed by atoms with Crippen molar-refractivity contribution in [3.05, 3.63) is 0 Å². The molecule has 1 saturated heterocycles.